The highest BCUT2D eigenvalue weighted by molar-refractivity contribution is 5.75. The number of benzene rings is 1. The van der Waals surface area contributed by atoms with Gasteiger partial charge in [0.1, 0.15) is 11.2 Å². The van der Waals surface area contributed by atoms with Crippen molar-refractivity contribution in [3.8, 4) is 11.5 Å². The first-order valence-corrected chi connectivity index (χ1v) is 9.96. The van der Waals surface area contributed by atoms with Gasteiger partial charge in [-0.05, 0) is 24.8 Å². The Balaban J connectivity index is 1.44. The second-order valence-corrected chi connectivity index (χ2v) is 7.27. The molecule has 3 aromatic rings. The third-order valence-electron chi connectivity index (χ3n) is 5.23. The Bertz CT molecular complexity index is 923. The molecule has 0 bridgehead atoms. The zero-order valence-corrected chi connectivity index (χ0v) is 16.2. The molecule has 1 aliphatic carbocycles. The summed E-state index contributed by atoms with van der Waals surface area (Å²) in [6.45, 7) is 0.556. The number of rotatable bonds is 6. The molecule has 1 aliphatic rings. The predicted molar refractivity (Wildman–Crippen MR) is 107 cm³/mol. The fourth-order valence-electron chi connectivity index (χ4n) is 3.71. The van der Waals surface area contributed by atoms with Crippen LogP contribution in [0.5, 0.6) is 0 Å². The molecule has 8 nitrogen and oxygen atoms in total. The average molecular weight is 392 g/mol. The number of aromatic nitrogens is 4. The van der Waals surface area contributed by atoms with Crippen LogP contribution in [0.1, 0.15) is 43.6 Å². The van der Waals surface area contributed by atoms with Gasteiger partial charge in [-0.15, -0.1) is 0 Å². The van der Waals surface area contributed by atoms with Gasteiger partial charge in [0.2, 0.25) is 5.82 Å². The van der Waals surface area contributed by atoms with E-state index >= 15 is 0 Å². The molecule has 2 aromatic heterocycles. The summed E-state index contributed by atoms with van der Waals surface area (Å²) < 4.78 is 5.57. The second-order valence-electron chi connectivity index (χ2n) is 7.27. The van der Waals surface area contributed by atoms with Crippen LogP contribution >= 0.6 is 0 Å². The Labute approximate surface area is 169 Å². The summed E-state index contributed by atoms with van der Waals surface area (Å²) in [6.07, 6.45) is 10.2. The fourth-order valence-corrected chi connectivity index (χ4v) is 3.71. The third kappa shape index (κ3) is 4.59. The number of hydrogen-bond acceptors (Lipinski definition) is 6. The SMILES string of the molecule is O=C(NCCc1ccccc1)NC1(c2nc(-c3cnccn3)no2)CCCCC1. The van der Waals surface area contributed by atoms with E-state index in [1.807, 2.05) is 18.2 Å². The van der Waals surface area contributed by atoms with Gasteiger partial charge in [-0.1, -0.05) is 54.8 Å². The molecular formula is C21H24N6O2. The summed E-state index contributed by atoms with van der Waals surface area (Å²) in [5.41, 5.74) is 1.08. The fraction of sp³-hybridized carbons (Fsp3) is 0.381. The summed E-state index contributed by atoms with van der Waals surface area (Å²) >= 11 is 0. The molecule has 0 spiro atoms. The van der Waals surface area contributed by atoms with Crippen LogP contribution in [0.4, 0.5) is 4.79 Å². The Morgan fingerprint density at radius 2 is 1.93 bits per heavy atom. The zero-order chi connectivity index (χ0) is 19.9. The van der Waals surface area contributed by atoms with Gasteiger partial charge in [0.15, 0.2) is 0 Å². The highest BCUT2D eigenvalue weighted by Crippen LogP contribution is 2.36. The first-order chi connectivity index (χ1) is 14.3. The zero-order valence-electron chi connectivity index (χ0n) is 16.2. The van der Waals surface area contributed by atoms with Crippen LogP contribution in [0.3, 0.4) is 0 Å². The Morgan fingerprint density at radius 3 is 2.69 bits per heavy atom. The van der Waals surface area contributed by atoms with E-state index in [9.17, 15) is 4.79 Å². The Hall–Kier alpha value is -3.29. The van der Waals surface area contributed by atoms with Gasteiger partial charge < -0.3 is 15.2 Å². The van der Waals surface area contributed by atoms with Crippen LogP contribution < -0.4 is 10.6 Å². The van der Waals surface area contributed by atoms with Gasteiger partial charge >= 0.3 is 6.03 Å². The number of carbonyl (C=O) groups is 1. The van der Waals surface area contributed by atoms with Gasteiger partial charge in [-0.3, -0.25) is 4.98 Å². The number of nitrogens with zero attached hydrogens (tertiary/aromatic N) is 4. The maximum Gasteiger partial charge on any atom is 0.315 e. The van der Waals surface area contributed by atoms with E-state index in [2.05, 4.69) is 42.9 Å². The molecule has 0 radical (unpaired) electrons. The minimum Gasteiger partial charge on any atom is -0.338 e. The van der Waals surface area contributed by atoms with E-state index in [4.69, 9.17) is 4.52 Å². The normalized spacial score (nSPS) is 15.6. The van der Waals surface area contributed by atoms with Crippen LogP contribution in [0.25, 0.3) is 11.5 Å². The summed E-state index contributed by atoms with van der Waals surface area (Å²) in [6, 6.07) is 9.86. The topological polar surface area (TPSA) is 106 Å². The molecule has 2 heterocycles. The Kier molecular flexibility index (Phi) is 5.79. The highest BCUT2D eigenvalue weighted by atomic mass is 16.5. The number of amides is 2. The molecule has 150 valence electrons. The van der Waals surface area contributed by atoms with Crippen molar-refractivity contribution in [2.45, 2.75) is 44.1 Å². The van der Waals surface area contributed by atoms with Crippen molar-refractivity contribution in [2.75, 3.05) is 6.54 Å². The second kappa shape index (κ2) is 8.81. The third-order valence-corrected chi connectivity index (χ3v) is 5.23. The molecule has 1 fully saturated rings. The maximum atomic E-state index is 12.6. The predicted octanol–water partition coefficient (Wildman–Crippen LogP) is 3.23. The van der Waals surface area contributed by atoms with Crippen LogP contribution in [-0.2, 0) is 12.0 Å². The van der Waals surface area contributed by atoms with E-state index in [1.54, 1.807) is 18.6 Å². The molecule has 2 amide bonds. The first-order valence-electron chi connectivity index (χ1n) is 9.96. The number of urea groups is 1. The molecule has 0 aliphatic heterocycles. The molecule has 0 saturated heterocycles. The summed E-state index contributed by atoms with van der Waals surface area (Å²) in [4.78, 5) is 25.4. The molecule has 1 saturated carbocycles. The molecule has 8 heteroatoms. The van der Waals surface area contributed by atoms with Crippen LogP contribution in [-0.4, -0.2) is 32.7 Å². The van der Waals surface area contributed by atoms with E-state index in [1.165, 1.54) is 5.56 Å². The van der Waals surface area contributed by atoms with Gasteiger partial charge in [0, 0.05) is 18.9 Å². The maximum absolute atomic E-state index is 12.6. The van der Waals surface area contributed by atoms with Crippen LogP contribution in [0, 0.1) is 0 Å². The van der Waals surface area contributed by atoms with E-state index in [-0.39, 0.29) is 6.03 Å². The largest absolute Gasteiger partial charge is 0.338 e. The molecule has 0 unspecified atom stereocenters. The minimum atomic E-state index is -0.650. The average Bonchev–Trinajstić information content (AvgIpc) is 3.27. The van der Waals surface area contributed by atoms with Crippen molar-refractivity contribution in [3.63, 3.8) is 0 Å². The lowest BCUT2D eigenvalue weighted by molar-refractivity contribution is 0.168. The van der Waals surface area contributed by atoms with Gasteiger partial charge in [0.05, 0.1) is 6.20 Å². The van der Waals surface area contributed by atoms with E-state index < -0.39 is 5.54 Å². The number of nitrogens with one attached hydrogen (secondary N) is 2. The van der Waals surface area contributed by atoms with Gasteiger partial charge in [-0.2, -0.15) is 4.98 Å². The monoisotopic (exact) mass is 392 g/mol. The van der Waals surface area contributed by atoms with Crippen molar-refractivity contribution >= 4 is 6.03 Å². The van der Waals surface area contributed by atoms with Crippen molar-refractivity contribution in [3.05, 3.63) is 60.4 Å². The van der Waals surface area contributed by atoms with Crippen molar-refractivity contribution in [1.82, 2.24) is 30.7 Å². The van der Waals surface area contributed by atoms with Crippen LogP contribution in [0.15, 0.2) is 53.4 Å². The lowest BCUT2D eigenvalue weighted by atomic mass is 9.81. The van der Waals surface area contributed by atoms with E-state index in [0.29, 0.717) is 24.0 Å². The standard InChI is InChI=1S/C21H24N6O2/c28-20(24-12-9-16-7-3-1-4-8-16)26-21(10-5-2-6-11-21)19-25-18(27-29-19)17-15-22-13-14-23-17/h1,3-4,7-8,13-15H,2,5-6,9-12H2,(H2,24,26,28). The molecule has 1 aromatic carbocycles. The van der Waals surface area contributed by atoms with Crippen molar-refractivity contribution in [2.24, 2.45) is 0 Å². The lowest BCUT2D eigenvalue weighted by Crippen LogP contribution is -2.51. The molecule has 4 rings (SSSR count). The van der Waals surface area contributed by atoms with Gasteiger partial charge in [0.25, 0.3) is 5.89 Å². The number of carbonyl (C=O) groups excluding carboxylic acids is 1. The van der Waals surface area contributed by atoms with Crippen molar-refractivity contribution < 1.29 is 9.32 Å². The van der Waals surface area contributed by atoms with Crippen molar-refractivity contribution in [1.29, 1.82) is 0 Å². The summed E-state index contributed by atoms with van der Waals surface area (Å²) in [5.74, 6) is 0.806. The first kappa shape index (κ1) is 19.0. The summed E-state index contributed by atoms with van der Waals surface area (Å²) in [5, 5.41) is 10.1. The molecular weight excluding hydrogens is 368 g/mol. The smallest absolute Gasteiger partial charge is 0.315 e. The number of hydrogen-bond donors (Lipinski definition) is 2. The summed E-state index contributed by atoms with van der Waals surface area (Å²) in [7, 11) is 0. The Morgan fingerprint density at radius 1 is 1.10 bits per heavy atom. The van der Waals surface area contributed by atoms with E-state index in [0.717, 1.165) is 38.5 Å². The molecule has 0 atom stereocenters. The highest BCUT2D eigenvalue weighted by Gasteiger charge is 2.41. The van der Waals surface area contributed by atoms with Crippen LogP contribution in [0.2, 0.25) is 0 Å². The lowest BCUT2D eigenvalue weighted by Gasteiger charge is -2.34. The quantitative estimate of drug-likeness (QED) is 0.667. The minimum absolute atomic E-state index is 0.220. The van der Waals surface area contributed by atoms with Gasteiger partial charge in [-0.25, -0.2) is 9.78 Å². The molecule has 2 N–H and O–H groups in total. The molecule has 29 heavy (non-hydrogen) atoms.